The Bertz CT molecular complexity index is 1240. The molecule has 0 aromatic carbocycles. The molecule has 1 fully saturated rings. The normalized spacial score (nSPS) is 15.6. The maximum atomic E-state index is 13.3. The van der Waals surface area contributed by atoms with Gasteiger partial charge in [0.2, 0.25) is 5.91 Å². The van der Waals surface area contributed by atoms with E-state index in [1.165, 1.54) is 12.4 Å². The first kappa shape index (κ1) is 25.3. The van der Waals surface area contributed by atoms with Crippen LogP contribution in [0.4, 0.5) is 19.0 Å². The maximum absolute atomic E-state index is 13.3. The number of likely N-dealkylation sites (tertiary alicyclic amines) is 1. The minimum absolute atomic E-state index is 0.119. The summed E-state index contributed by atoms with van der Waals surface area (Å²) in [5.74, 6) is -0.235. The van der Waals surface area contributed by atoms with Crippen LogP contribution in [0.3, 0.4) is 0 Å². The van der Waals surface area contributed by atoms with E-state index in [0.29, 0.717) is 35.6 Å². The van der Waals surface area contributed by atoms with Gasteiger partial charge in [-0.3, -0.25) is 9.59 Å². The molecule has 0 spiro atoms. The van der Waals surface area contributed by atoms with Gasteiger partial charge in [0.25, 0.3) is 5.91 Å². The number of carbonyl (C=O) groups excluding carboxylic acids is 2. The highest BCUT2D eigenvalue weighted by Gasteiger charge is 2.30. The first-order valence-electron chi connectivity index (χ1n) is 11.7. The monoisotopic (exact) mass is 504 g/mol. The number of H-pyrrole nitrogens is 1. The van der Waals surface area contributed by atoms with Crippen LogP contribution in [0.25, 0.3) is 22.4 Å². The van der Waals surface area contributed by atoms with Crippen LogP contribution < -0.4 is 10.6 Å². The second-order valence-corrected chi connectivity index (χ2v) is 8.86. The topological polar surface area (TPSA) is 129 Å². The molecule has 3 aromatic heterocycles. The van der Waals surface area contributed by atoms with Crippen LogP contribution in [-0.2, 0) is 4.79 Å². The van der Waals surface area contributed by atoms with Gasteiger partial charge in [-0.25, -0.2) is 19.9 Å². The number of nitrogens with one attached hydrogen (secondary N) is 3. The van der Waals surface area contributed by atoms with E-state index in [1.807, 2.05) is 5.32 Å². The number of amides is 2. The van der Waals surface area contributed by atoms with Crippen molar-refractivity contribution in [3.63, 3.8) is 0 Å². The van der Waals surface area contributed by atoms with Gasteiger partial charge < -0.3 is 20.5 Å². The van der Waals surface area contributed by atoms with E-state index in [0.717, 1.165) is 12.8 Å². The zero-order valence-corrected chi connectivity index (χ0v) is 19.9. The van der Waals surface area contributed by atoms with Crippen LogP contribution in [0.5, 0.6) is 0 Å². The standard InChI is InChI=1S/C23H27F3N8O2/c1-3-16(21(35)29-11-23(24,25)26)31-18-8-17(22(36)34-6-4-13(2)5-7-34)32-20(33-18)15-10-28-19-14(15)9-27-12-30-19/h8-10,12-13,16H,3-7,11H2,1-2H3,(H,29,35)(H,27,28,30)(H,31,32,33)/t16-/m0/s1. The second kappa shape index (κ2) is 10.5. The Kier molecular flexibility index (Phi) is 7.36. The summed E-state index contributed by atoms with van der Waals surface area (Å²) in [5.41, 5.74) is 1.22. The number of halogens is 3. The quantitative estimate of drug-likeness (QED) is 0.451. The van der Waals surface area contributed by atoms with Crippen molar-refractivity contribution < 1.29 is 22.8 Å². The molecule has 1 saturated heterocycles. The third-order valence-electron chi connectivity index (χ3n) is 6.12. The molecule has 36 heavy (non-hydrogen) atoms. The van der Waals surface area contributed by atoms with Crippen LogP contribution >= 0.6 is 0 Å². The lowest BCUT2D eigenvalue weighted by atomic mass is 9.99. The summed E-state index contributed by atoms with van der Waals surface area (Å²) < 4.78 is 37.7. The fraction of sp³-hybridized carbons (Fsp3) is 0.478. The van der Waals surface area contributed by atoms with Crippen LogP contribution in [0.2, 0.25) is 0 Å². The molecule has 0 aliphatic carbocycles. The Morgan fingerprint density at radius 2 is 2.00 bits per heavy atom. The number of fused-ring (bicyclic) bond motifs is 1. The molecule has 3 aromatic rings. The van der Waals surface area contributed by atoms with Crippen molar-refractivity contribution in [3.05, 3.63) is 30.5 Å². The smallest absolute Gasteiger partial charge is 0.358 e. The molecule has 192 valence electrons. The number of hydrogen-bond donors (Lipinski definition) is 3. The number of aromatic amines is 1. The number of piperidine rings is 1. The Labute approximate surface area is 205 Å². The van der Waals surface area contributed by atoms with Crippen molar-refractivity contribution in [1.82, 2.24) is 35.1 Å². The SMILES string of the molecule is CC[C@H](Nc1cc(C(=O)N2CCC(C)CC2)nc(-c2c[nH]c3ncncc23)n1)C(=O)NCC(F)(F)F. The Balaban J connectivity index is 1.67. The molecule has 1 aliphatic rings. The summed E-state index contributed by atoms with van der Waals surface area (Å²) >= 11 is 0. The molecule has 13 heteroatoms. The summed E-state index contributed by atoms with van der Waals surface area (Å²) in [6, 6.07) is 0.426. The van der Waals surface area contributed by atoms with Crippen molar-refractivity contribution in [2.24, 2.45) is 5.92 Å². The Morgan fingerprint density at radius 1 is 1.25 bits per heavy atom. The molecule has 0 saturated carbocycles. The molecule has 1 aliphatic heterocycles. The van der Waals surface area contributed by atoms with Crippen molar-refractivity contribution in [3.8, 4) is 11.4 Å². The van der Waals surface area contributed by atoms with E-state index in [9.17, 15) is 22.8 Å². The van der Waals surface area contributed by atoms with Crippen LogP contribution in [-0.4, -0.2) is 73.5 Å². The van der Waals surface area contributed by atoms with Crippen LogP contribution in [0.15, 0.2) is 24.8 Å². The van der Waals surface area contributed by atoms with Gasteiger partial charge in [-0.1, -0.05) is 13.8 Å². The minimum atomic E-state index is -4.53. The van der Waals surface area contributed by atoms with Crippen LogP contribution in [0.1, 0.15) is 43.6 Å². The molecular formula is C23H27F3N8O2. The molecule has 0 radical (unpaired) electrons. The lowest BCUT2D eigenvalue weighted by molar-refractivity contribution is -0.138. The zero-order valence-electron chi connectivity index (χ0n) is 19.9. The first-order chi connectivity index (χ1) is 17.1. The van der Waals surface area contributed by atoms with Crippen molar-refractivity contribution in [2.45, 2.75) is 45.3 Å². The Hall–Kier alpha value is -3.77. The third kappa shape index (κ3) is 5.89. The van der Waals surface area contributed by atoms with E-state index in [1.54, 1.807) is 24.2 Å². The van der Waals surface area contributed by atoms with Crippen molar-refractivity contribution in [2.75, 3.05) is 25.0 Å². The molecule has 0 unspecified atom stereocenters. The predicted octanol–water partition coefficient (Wildman–Crippen LogP) is 3.16. The molecular weight excluding hydrogens is 477 g/mol. The van der Waals surface area contributed by atoms with Gasteiger partial charge in [0.15, 0.2) is 5.82 Å². The fourth-order valence-electron chi connectivity index (χ4n) is 4.01. The summed E-state index contributed by atoms with van der Waals surface area (Å²) in [6.07, 6.45) is 2.04. The van der Waals surface area contributed by atoms with Gasteiger partial charge >= 0.3 is 6.18 Å². The number of rotatable bonds is 7. The number of aromatic nitrogens is 5. The van der Waals surface area contributed by atoms with Crippen molar-refractivity contribution in [1.29, 1.82) is 0 Å². The van der Waals surface area contributed by atoms with Crippen LogP contribution in [0, 0.1) is 5.92 Å². The summed E-state index contributed by atoms with van der Waals surface area (Å²) in [4.78, 5) is 47.6. The van der Waals surface area contributed by atoms with Crippen molar-refractivity contribution >= 4 is 28.7 Å². The highest BCUT2D eigenvalue weighted by molar-refractivity contribution is 5.96. The highest BCUT2D eigenvalue weighted by Crippen LogP contribution is 2.27. The van der Waals surface area contributed by atoms with Gasteiger partial charge in [-0.15, -0.1) is 0 Å². The molecule has 2 amide bonds. The van der Waals surface area contributed by atoms with E-state index < -0.39 is 24.7 Å². The Morgan fingerprint density at radius 3 is 2.69 bits per heavy atom. The fourth-order valence-corrected chi connectivity index (χ4v) is 4.01. The number of anilines is 1. The minimum Gasteiger partial charge on any atom is -0.358 e. The lowest BCUT2D eigenvalue weighted by Gasteiger charge is -2.30. The average molecular weight is 505 g/mol. The molecule has 10 nitrogen and oxygen atoms in total. The summed E-state index contributed by atoms with van der Waals surface area (Å²) in [5, 5.41) is 5.40. The van der Waals surface area contributed by atoms with E-state index in [2.05, 4.69) is 37.2 Å². The number of nitrogens with zero attached hydrogens (tertiary/aromatic N) is 5. The zero-order chi connectivity index (χ0) is 25.9. The van der Waals surface area contributed by atoms with Gasteiger partial charge in [-0.2, -0.15) is 13.2 Å². The lowest BCUT2D eigenvalue weighted by Crippen LogP contribution is -2.43. The molecule has 1 atom stereocenters. The largest absolute Gasteiger partial charge is 0.405 e. The first-order valence-corrected chi connectivity index (χ1v) is 11.7. The van der Waals surface area contributed by atoms with E-state index in [4.69, 9.17) is 0 Å². The second-order valence-electron chi connectivity index (χ2n) is 8.86. The molecule has 3 N–H and O–H groups in total. The molecule has 4 heterocycles. The molecule has 4 rings (SSSR count). The van der Waals surface area contributed by atoms with Gasteiger partial charge in [0, 0.05) is 42.5 Å². The number of carbonyl (C=O) groups is 2. The summed E-state index contributed by atoms with van der Waals surface area (Å²) in [6.45, 7) is 3.55. The van der Waals surface area contributed by atoms with Gasteiger partial charge in [-0.05, 0) is 25.2 Å². The summed E-state index contributed by atoms with van der Waals surface area (Å²) in [7, 11) is 0. The highest BCUT2D eigenvalue weighted by atomic mass is 19.4. The van der Waals surface area contributed by atoms with E-state index in [-0.39, 0.29) is 29.7 Å². The van der Waals surface area contributed by atoms with Gasteiger partial charge in [0.05, 0.1) is 0 Å². The average Bonchev–Trinajstić information content (AvgIpc) is 3.29. The van der Waals surface area contributed by atoms with E-state index >= 15 is 0 Å². The molecule has 0 bridgehead atoms. The van der Waals surface area contributed by atoms with Gasteiger partial charge in [0.1, 0.15) is 36.1 Å². The number of alkyl halides is 3. The third-order valence-corrected chi connectivity index (χ3v) is 6.12. The number of hydrogen-bond acceptors (Lipinski definition) is 7. The maximum Gasteiger partial charge on any atom is 0.405 e. The predicted molar refractivity (Wildman–Crippen MR) is 126 cm³/mol.